The molecule has 0 spiro atoms. The first-order chi connectivity index (χ1) is 6.81. The van der Waals surface area contributed by atoms with Gasteiger partial charge in [0.2, 0.25) is 0 Å². The fraction of sp³-hybridized carbons (Fsp3) is 0. The van der Waals surface area contributed by atoms with Crippen LogP contribution in [0.15, 0.2) is 35.1 Å². The van der Waals surface area contributed by atoms with E-state index in [0.717, 1.165) is 5.56 Å². The highest BCUT2D eigenvalue weighted by Crippen LogP contribution is 2.23. The molecule has 1 aromatic carbocycles. The van der Waals surface area contributed by atoms with Crippen molar-refractivity contribution < 1.29 is 4.52 Å². The van der Waals surface area contributed by atoms with E-state index in [9.17, 15) is 0 Å². The predicted molar refractivity (Wildman–Crippen MR) is 51.7 cm³/mol. The van der Waals surface area contributed by atoms with Gasteiger partial charge >= 0.3 is 0 Å². The first-order valence-electron chi connectivity index (χ1n) is 3.91. The summed E-state index contributed by atoms with van der Waals surface area (Å²) in [4.78, 5) is 0. The number of benzene rings is 1. The van der Waals surface area contributed by atoms with Gasteiger partial charge in [0.15, 0.2) is 0 Å². The summed E-state index contributed by atoms with van der Waals surface area (Å²) < 4.78 is 4.72. The molecule has 0 unspecified atom stereocenters. The van der Waals surface area contributed by atoms with Crippen LogP contribution in [0.2, 0.25) is 5.02 Å². The zero-order chi connectivity index (χ0) is 9.97. The van der Waals surface area contributed by atoms with Crippen molar-refractivity contribution in [2.45, 2.75) is 0 Å². The molecule has 0 aliphatic heterocycles. The van der Waals surface area contributed by atoms with Crippen LogP contribution in [-0.4, -0.2) is 5.16 Å². The molecule has 0 radical (unpaired) electrons. The maximum absolute atomic E-state index is 8.75. The smallest absolute Gasteiger partial charge is 0.142 e. The summed E-state index contributed by atoms with van der Waals surface area (Å²) in [5.74, 6) is 0. The number of nitrogens with zero attached hydrogens (tertiary/aromatic N) is 2. The first kappa shape index (κ1) is 8.79. The maximum Gasteiger partial charge on any atom is 0.142 e. The summed E-state index contributed by atoms with van der Waals surface area (Å²) in [7, 11) is 0. The zero-order valence-electron chi connectivity index (χ0n) is 7.07. The lowest BCUT2D eigenvalue weighted by Crippen LogP contribution is -1.80. The topological polar surface area (TPSA) is 49.8 Å². The molecular formula is C10H5ClN2O. The van der Waals surface area contributed by atoms with Crippen molar-refractivity contribution in [3.8, 4) is 17.3 Å². The monoisotopic (exact) mass is 204 g/mol. The van der Waals surface area contributed by atoms with E-state index in [1.807, 2.05) is 12.1 Å². The number of hydrogen-bond donors (Lipinski definition) is 0. The van der Waals surface area contributed by atoms with E-state index < -0.39 is 0 Å². The van der Waals surface area contributed by atoms with Crippen LogP contribution in [0.3, 0.4) is 0 Å². The molecule has 0 aliphatic rings. The first-order valence-corrected chi connectivity index (χ1v) is 4.29. The van der Waals surface area contributed by atoms with E-state index in [4.69, 9.17) is 21.4 Å². The molecule has 68 valence electrons. The van der Waals surface area contributed by atoms with Crippen molar-refractivity contribution in [1.82, 2.24) is 5.16 Å². The molecule has 0 aliphatic carbocycles. The van der Waals surface area contributed by atoms with Gasteiger partial charge < -0.3 is 4.52 Å². The van der Waals surface area contributed by atoms with Crippen LogP contribution in [0.25, 0.3) is 11.3 Å². The Bertz CT molecular complexity index is 499. The zero-order valence-corrected chi connectivity index (χ0v) is 7.82. The lowest BCUT2D eigenvalue weighted by atomic mass is 10.1. The lowest BCUT2D eigenvalue weighted by molar-refractivity contribution is 0.422. The van der Waals surface area contributed by atoms with Gasteiger partial charge in [-0.1, -0.05) is 28.9 Å². The molecule has 4 heteroatoms. The van der Waals surface area contributed by atoms with Crippen LogP contribution >= 0.6 is 11.6 Å². The molecule has 0 fully saturated rings. The van der Waals surface area contributed by atoms with Crippen LogP contribution in [-0.2, 0) is 0 Å². The van der Waals surface area contributed by atoms with E-state index >= 15 is 0 Å². The minimum atomic E-state index is 0.410. The van der Waals surface area contributed by atoms with Crippen molar-refractivity contribution in [2.75, 3.05) is 0 Å². The molecular weight excluding hydrogens is 200 g/mol. The van der Waals surface area contributed by atoms with Gasteiger partial charge in [0.25, 0.3) is 0 Å². The maximum atomic E-state index is 8.75. The van der Waals surface area contributed by atoms with Gasteiger partial charge in [-0.2, -0.15) is 5.26 Å². The summed E-state index contributed by atoms with van der Waals surface area (Å²) in [6, 6.07) is 9.11. The Balaban J connectivity index is 2.56. The minimum Gasteiger partial charge on any atom is -0.363 e. The molecule has 0 bridgehead atoms. The molecule has 1 heterocycles. The molecule has 2 aromatic rings. The summed E-state index contributed by atoms with van der Waals surface area (Å²) >= 11 is 5.82. The minimum absolute atomic E-state index is 0.410. The molecule has 3 nitrogen and oxygen atoms in total. The number of halogens is 1. The number of aromatic nitrogens is 1. The molecule has 0 atom stereocenters. The van der Waals surface area contributed by atoms with Crippen molar-refractivity contribution >= 4 is 11.6 Å². The van der Waals surface area contributed by atoms with E-state index in [1.54, 1.807) is 18.2 Å². The summed E-state index contributed by atoms with van der Waals surface area (Å²) in [6.07, 6.45) is 1.32. The second-order valence-corrected chi connectivity index (χ2v) is 3.14. The molecule has 0 amide bonds. The molecule has 0 N–H and O–H groups in total. The van der Waals surface area contributed by atoms with E-state index in [1.165, 1.54) is 6.26 Å². The van der Waals surface area contributed by atoms with Crippen LogP contribution in [0.4, 0.5) is 0 Å². The van der Waals surface area contributed by atoms with E-state index in [2.05, 4.69) is 5.16 Å². The second-order valence-electron chi connectivity index (χ2n) is 2.70. The van der Waals surface area contributed by atoms with Crippen LogP contribution in [0, 0.1) is 11.3 Å². The molecule has 0 saturated heterocycles. The average molecular weight is 205 g/mol. The third-order valence-electron chi connectivity index (χ3n) is 1.79. The van der Waals surface area contributed by atoms with Crippen molar-refractivity contribution in [1.29, 1.82) is 5.26 Å². The largest absolute Gasteiger partial charge is 0.363 e. The quantitative estimate of drug-likeness (QED) is 0.718. The van der Waals surface area contributed by atoms with Gasteiger partial charge in [-0.15, -0.1) is 0 Å². The normalized spacial score (nSPS) is 9.71. The predicted octanol–water partition coefficient (Wildman–Crippen LogP) is 2.87. The molecule has 14 heavy (non-hydrogen) atoms. The second kappa shape index (κ2) is 3.52. The Morgan fingerprint density at radius 2 is 2.29 bits per heavy atom. The summed E-state index contributed by atoms with van der Waals surface area (Å²) in [5, 5.41) is 13.1. The lowest BCUT2D eigenvalue weighted by Gasteiger charge is -1.95. The Morgan fingerprint density at radius 3 is 3.00 bits per heavy atom. The number of hydrogen-bond acceptors (Lipinski definition) is 3. The van der Waals surface area contributed by atoms with Gasteiger partial charge in [-0.05, 0) is 12.1 Å². The standard InChI is InChI=1S/C10H5ClN2O/c11-9-3-1-2-7(4-9)10-8(5-12)6-14-13-10/h1-4,6H. The van der Waals surface area contributed by atoms with Crippen molar-refractivity contribution in [3.63, 3.8) is 0 Å². The number of rotatable bonds is 1. The van der Waals surface area contributed by atoms with Crippen LogP contribution < -0.4 is 0 Å². The number of nitriles is 1. The molecule has 1 aromatic heterocycles. The van der Waals surface area contributed by atoms with Gasteiger partial charge in [-0.25, -0.2) is 0 Å². The average Bonchev–Trinajstić information content (AvgIpc) is 2.65. The molecule has 0 saturated carbocycles. The van der Waals surface area contributed by atoms with Crippen LogP contribution in [0.5, 0.6) is 0 Å². The van der Waals surface area contributed by atoms with Crippen molar-refractivity contribution in [2.24, 2.45) is 0 Å². The van der Waals surface area contributed by atoms with Gasteiger partial charge in [0.05, 0.1) is 0 Å². The third kappa shape index (κ3) is 1.48. The van der Waals surface area contributed by atoms with Gasteiger partial charge in [0, 0.05) is 10.6 Å². The SMILES string of the molecule is N#Cc1conc1-c1cccc(Cl)c1. The van der Waals surface area contributed by atoms with E-state index in [0.29, 0.717) is 16.3 Å². The Labute approximate surface area is 85.5 Å². The highest BCUT2D eigenvalue weighted by Gasteiger charge is 2.09. The third-order valence-corrected chi connectivity index (χ3v) is 2.02. The highest BCUT2D eigenvalue weighted by molar-refractivity contribution is 6.30. The van der Waals surface area contributed by atoms with Gasteiger partial charge in [-0.3, -0.25) is 0 Å². The van der Waals surface area contributed by atoms with E-state index in [-0.39, 0.29) is 0 Å². The Kier molecular flexibility index (Phi) is 2.21. The highest BCUT2D eigenvalue weighted by atomic mass is 35.5. The Morgan fingerprint density at radius 1 is 1.43 bits per heavy atom. The molecule has 2 rings (SSSR count). The van der Waals surface area contributed by atoms with Crippen molar-refractivity contribution in [3.05, 3.63) is 41.1 Å². The fourth-order valence-corrected chi connectivity index (χ4v) is 1.35. The summed E-state index contributed by atoms with van der Waals surface area (Å²) in [5.41, 5.74) is 1.71. The van der Waals surface area contributed by atoms with Crippen LogP contribution in [0.1, 0.15) is 5.56 Å². The fourth-order valence-electron chi connectivity index (χ4n) is 1.16. The summed E-state index contributed by atoms with van der Waals surface area (Å²) in [6.45, 7) is 0. The Hall–Kier alpha value is -1.79. The van der Waals surface area contributed by atoms with Gasteiger partial charge in [0.1, 0.15) is 23.6 Å².